The molecule has 1 aromatic heterocycles. The van der Waals surface area contributed by atoms with Crippen LogP contribution in [0.15, 0.2) is 18.3 Å². The van der Waals surface area contributed by atoms with Gasteiger partial charge in [-0.15, -0.1) is 0 Å². The topological polar surface area (TPSA) is 88.2 Å². The van der Waals surface area contributed by atoms with Crippen LogP contribution in [0.25, 0.3) is 0 Å². The lowest BCUT2D eigenvalue weighted by Crippen LogP contribution is -2.14. The van der Waals surface area contributed by atoms with E-state index >= 15 is 0 Å². The van der Waals surface area contributed by atoms with Gasteiger partial charge in [-0.25, -0.2) is 4.98 Å². The van der Waals surface area contributed by atoms with Gasteiger partial charge in [-0.1, -0.05) is 6.92 Å². The Hall–Kier alpha value is -1.62. The highest BCUT2D eigenvalue weighted by Gasteiger charge is 2.03. The highest BCUT2D eigenvalue weighted by molar-refractivity contribution is 5.92. The van der Waals surface area contributed by atoms with Crippen LogP contribution in [-0.2, 0) is 0 Å². The minimum absolute atomic E-state index is 0.191. The van der Waals surface area contributed by atoms with E-state index in [1.54, 1.807) is 12.1 Å². The van der Waals surface area contributed by atoms with E-state index in [1.807, 2.05) is 6.92 Å². The van der Waals surface area contributed by atoms with Crippen molar-refractivity contribution in [2.45, 2.75) is 13.3 Å². The van der Waals surface area contributed by atoms with Gasteiger partial charge in [0.15, 0.2) is 0 Å². The maximum Gasteiger partial charge on any atom is 0.250 e. The van der Waals surface area contributed by atoms with Gasteiger partial charge in [0.25, 0.3) is 0 Å². The minimum Gasteiger partial charge on any atom is -0.396 e. The van der Waals surface area contributed by atoms with E-state index in [0.29, 0.717) is 17.3 Å². The lowest BCUT2D eigenvalue weighted by atomic mass is 10.1. The molecule has 1 rings (SSSR count). The van der Waals surface area contributed by atoms with Crippen molar-refractivity contribution in [2.75, 3.05) is 18.5 Å². The number of amides is 1. The van der Waals surface area contributed by atoms with Crippen molar-refractivity contribution < 1.29 is 9.90 Å². The highest BCUT2D eigenvalue weighted by Crippen LogP contribution is 2.07. The number of hydrogen-bond donors (Lipinski definition) is 3. The molecular formula is C11H17N3O2. The fraction of sp³-hybridized carbons (Fsp3) is 0.455. The number of nitrogens with one attached hydrogen (secondary N) is 1. The van der Waals surface area contributed by atoms with Gasteiger partial charge in [-0.3, -0.25) is 4.79 Å². The quantitative estimate of drug-likeness (QED) is 0.659. The summed E-state index contributed by atoms with van der Waals surface area (Å²) in [5.41, 5.74) is 5.50. The Bertz CT molecular complexity index is 338. The molecule has 0 bridgehead atoms. The van der Waals surface area contributed by atoms with E-state index in [4.69, 9.17) is 10.8 Å². The number of aliphatic hydroxyl groups is 1. The van der Waals surface area contributed by atoms with Crippen molar-refractivity contribution in [3.63, 3.8) is 0 Å². The third kappa shape index (κ3) is 3.86. The molecule has 1 heterocycles. The molecule has 88 valence electrons. The monoisotopic (exact) mass is 223 g/mol. The second-order valence-electron chi connectivity index (χ2n) is 3.79. The Kier molecular flexibility index (Phi) is 4.72. The summed E-state index contributed by atoms with van der Waals surface area (Å²) in [6, 6.07) is 3.35. The molecule has 0 spiro atoms. The second kappa shape index (κ2) is 6.07. The molecule has 16 heavy (non-hydrogen) atoms. The molecule has 5 heteroatoms. The molecule has 1 amide bonds. The first-order chi connectivity index (χ1) is 7.63. The summed E-state index contributed by atoms with van der Waals surface area (Å²) in [5.74, 6) is 0.602. The number of rotatable bonds is 6. The maximum absolute atomic E-state index is 10.8. The van der Waals surface area contributed by atoms with Gasteiger partial charge in [0.2, 0.25) is 5.91 Å². The predicted molar refractivity (Wildman–Crippen MR) is 62.1 cm³/mol. The number of nitrogens with zero attached hydrogens (tertiary/aromatic N) is 1. The first-order valence-electron chi connectivity index (χ1n) is 5.24. The molecule has 0 aliphatic carbocycles. The maximum atomic E-state index is 10.8. The van der Waals surface area contributed by atoms with Gasteiger partial charge < -0.3 is 16.2 Å². The van der Waals surface area contributed by atoms with Crippen molar-refractivity contribution >= 4 is 11.7 Å². The van der Waals surface area contributed by atoms with Crippen LogP contribution in [-0.4, -0.2) is 29.1 Å². The second-order valence-corrected chi connectivity index (χ2v) is 3.79. The first-order valence-corrected chi connectivity index (χ1v) is 5.24. The minimum atomic E-state index is -0.479. The van der Waals surface area contributed by atoms with E-state index in [9.17, 15) is 4.79 Å². The van der Waals surface area contributed by atoms with Gasteiger partial charge >= 0.3 is 0 Å². The Morgan fingerprint density at radius 1 is 1.62 bits per heavy atom. The zero-order valence-electron chi connectivity index (χ0n) is 9.31. The Morgan fingerprint density at radius 2 is 2.38 bits per heavy atom. The number of carbonyl (C=O) groups is 1. The van der Waals surface area contributed by atoms with E-state index in [-0.39, 0.29) is 6.61 Å². The van der Waals surface area contributed by atoms with Crippen LogP contribution in [0.3, 0.4) is 0 Å². The lowest BCUT2D eigenvalue weighted by Gasteiger charge is -2.11. The molecule has 0 radical (unpaired) electrons. The number of pyridine rings is 1. The third-order valence-electron chi connectivity index (χ3n) is 2.30. The number of hydrogen-bond acceptors (Lipinski definition) is 4. The molecule has 0 aliphatic rings. The Labute approximate surface area is 94.7 Å². The number of anilines is 1. The van der Waals surface area contributed by atoms with Crippen molar-refractivity contribution in [3.8, 4) is 0 Å². The number of nitrogens with two attached hydrogens (primary N) is 1. The van der Waals surface area contributed by atoms with E-state index in [1.165, 1.54) is 6.20 Å². The summed E-state index contributed by atoms with van der Waals surface area (Å²) < 4.78 is 0. The number of aliphatic hydroxyl groups excluding tert-OH is 1. The summed E-state index contributed by atoms with van der Waals surface area (Å²) in [6.45, 7) is 2.97. The molecule has 4 N–H and O–H groups in total. The third-order valence-corrected chi connectivity index (χ3v) is 2.30. The molecular weight excluding hydrogens is 206 g/mol. The molecule has 0 saturated heterocycles. The zero-order valence-corrected chi connectivity index (χ0v) is 9.31. The van der Waals surface area contributed by atoms with Crippen molar-refractivity contribution in [3.05, 3.63) is 23.9 Å². The van der Waals surface area contributed by atoms with Gasteiger partial charge in [0.05, 0.1) is 5.56 Å². The van der Waals surface area contributed by atoms with Crippen molar-refractivity contribution in [2.24, 2.45) is 11.7 Å². The van der Waals surface area contributed by atoms with Crippen molar-refractivity contribution in [1.82, 2.24) is 4.98 Å². The number of primary amides is 1. The largest absolute Gasteiger partial charge is 0.396 e. The zero-order chi connectivity index (χ0) is 12.0. The van der Waals surface area contributed by atoms with Gasteiger partial charge in [-0.2, -0.15) is 0 Å². The molecule has 0 aromatic carbocycles. The van der Waals surface area contributed by atoms with Gasteiger partial charge in [0, 0.05) is 19.3 Å². The summed E-state index contributed by atoms with van der Waals surface area (Å²) in [5, 5.41) is 11.9. The van der Waals surface area contributed by atoms with Crippen LogP contribution in [0.5, 0.6) is 0 Å². The molecule has 1 atom stereocenters. The molecule has 1 aromatic rings. The van der Waals surface area contributed by atoms with Gasteiger partial charge in [-0.05, 0) is 24.5 Å². The molecule has 1 unspecified atom stereocenters. The fourth-order valence-electron chi connectivity index (χ4n) is 1.25. The average molecular weight is 223 g/mol. The van der Waals surface area contributed by atoms with E-state index < -0.39 is 5.91 Å². The number of aromatic nitrogens is 1. The summed E-state index contributed by atoms with van der Waals surface area (Å²) >= 11 is 0. The molecule has 5 nitrogen and oxygen atoms in total. The molecule has 0 aliphatic heterocycles. The number of carbonyl (C=O) groups excluding carboxylic acids is 1. The first kappa shape index (κ1) is 12.4. The van der Waals surface area contributed by atoms with E-state index in [0.717, 1.165) is 13.0 Å². The van der Waals surface area contributed by atoms with Crippen LogP contribution < -0.4 is 11.1 Å². The smallest absolute Gasteiger partial charge is 0.250 e. The van der Waals surface area contributed by atoms with E-state index in [2.05, 4.69) is 10.3 Å². The average Bonchev–Trinajstić information content (AvgIpc) is 2.27. The normalized spacial score (nSPS) is 12.1. The van der Waals surface area contributed by atoms with Crippen molar-refractivity contribution in [1.29, 1.82) is 0 Å². The van der Waals surface area contributed by atoms with Gasteiger partial charge in [0.1, 0.15) is 5.82 Å². The molecule has 0 fully saturated rings. The van der Waals surface area contributed by atoms with Crippen LogP contribution in [0.4, 0.5) is 5.82 Å². The SMILES string of the molecule is CC(CCO)CNc1ccc(C(N)=O)cn1. The predicted octanol–water partition coefficient (Wildman–Crippen LogP) is 0.611. The fourth-order valence-corrected chi connectivity index (χ4v) is 1.25. The van der Waals surface area contributed by atoms with Crippen LogP contribution in [0.1, 0.15) is 23.7 Å². The lowest BCUT2D eigenvalue weighted by molar-refractivity contribution is 0.1000. The highest BCUT2D eigenvalue weighted by atomic mass is 16.3. The Morgan fingerprint density at radius 3 is 2.88 bits per heavy atom. The Balaban J connectivity index is 2.46. The van der Waals surface area contributed by atoms with Crippen LogP contribution in [0.2, 0.25) is 0 Å². The summed E-state index contributed by atoms with van der Waals surface area (Å²) in [4.78, 5) is 14.9. The summed E-state index contributed by atoms with van der Waals surface area (Å²) in [6.07, 6.45) is 2.20. The standard InChI is InChI=1S/C11H17N3O2/c1-8(4-5-15)6-13-10-3-2-9(7-14-10)11(12)16/h2-3,7-8,15H,4-6H2,1H3,(H2,12,16)(H,13,14). The van der Waals surface area contributed by atoms with Crippen LogP contribution in [0, 0.1) is 5.92 Å². The summed E-state index contributed by atoms with van der Waals surface area (Å²) in [7, 11) is 0. The van der Waals surface area contributed by atoms with Crippen LogP contribution >= 0.6 is 0 Å². The molecule has 0 saturated carbocycles.